The largest absolute Gasteiger partial charge is 0.389 e. The van der Waals surface area contributed by atoms with Crippen molar-refractivity contribution in [2.24, 2.45) is 5.73 Å². The lowest BCUT2D eigenvalue weighted by Gasteiger charge is -1.96. The van der Waals surface area contributed by atoms with E-state index >= 15 is 0 Å². The van der Waals surface area contributed by atoms with Crippen molar-refractivity contribution in [1.82, 2.24) is 4.98 Å². The highest BCUT2D eigenvalue weighted by Gasteiger charge is 2.14. The molecular weight excluding hydrogens is 234 g/mol. The number of hydrogen-bond acceptors (Lipinski definition) is 4. The van der Waals surface area contributed by atoms with Crippen LogP contribution >= 0.6 is 11.3 Å². The van der Waals surface area contributed by atoms with E-state index in [0.717, 1.165) is 11.1 Å². The molecule has 1 aromatic heterocycles. The van der Waals surface area contributed by atoms with E-state index < -0.39 is 5.91 Å². The van der Waals surface area contributed by atoms with Gasteiger partial charge in [0.2, 0.25) is 0 Å². The number of amides is 1. The molecule has 17 heavy (non-hydrogen) atoms. The Kier molecular flexibility index (Phi) is 2.81. The Hall–Kier alpha value is -2.32. The van der Waals surface area contributed by atoms with Crippen molar-refractivity contribution in [3.8, 4) is 22.9 Å². The lowest BCUT2D eigenvalue weighted by atomic mass is 10.1. The minimum atomic E-state index is -0.627. The minimum Gasteiger partial charge on any atom is -0.389 e. The van der Waals surface area contributed by atoms with E-state index in [1.807, 2.05) is 24.3 Å². The van der Waals surface area contributed by atoms with Gasteiger partial charge in [-0.3, -0.25) is 4.79 Å². The molecule has 0 aliphatic heterocycles. The van der Waals surface area contributed by atoms with Gasteiger partial charge in [-0.05, 0) is 12.1 Å². The van der Waals surface area contributed by atoms with Gasteiger partial charge in [0.05, 0.1) is 0 Å². The molecule has 0 radical (unpaired) electrons. The number of nitrogens with zero attached hydrogens (tertiary/aromatic N) is 1. The Balaban J connectivity index is 2.50. The number of primary amides is 1. The standard InChI is InChI=1S/C12H9N3OS/c1-2-7-4-3-5-8(6-7)12-15-9(10(13)16)11(14)17-12/h1,3-6H,14H2,(H2,13,16). The van der Waals surface area contributed by atoms with E-state index in [1.165, 1.54) is 11.3 Å². The summed E-state index contributed by atoms with van der Waals surface area (Å²) < 4.78 is 0. The Bertz CT molecular complexity index is 625. The fourth-order valence-electron chi connectivity index (χ4n) is 1.37. The minimum absolute atomic E-state index is 0.108. The number of anilines is 1. The van der Waals surface area contributed by atoms with Crippen LogP contribution in [0.25, 0.3) is 10.6 Å². The first-order valence-electron chi connectivity index (χ1n) is 4.75. The number of carbonyl (C=O) groups excluding carboxylic acids is 1. The zero-order chi connectivity index (χ0) is 12.4. The van der Waals surface area contributed by atoms with E-state index in [4.69, 9.17) is 17.9 Å². The maximum absolute atomic E-state index is 11.0. The molecule has 2 aromatic rings. The van der Waals surface area contributed by atoms with Crippen LogP contribution in [0.3, 0.4) is 0 Å². The number of aromatic nitrogens is 1. The SMILES string of the molecule is C#Cc1cccc(-c2nc(C(N)=O)c(N)s2)c1. The van der Waals surface area contributed by atoms with E-state index in [-0.39, 0.29) is 5.69 Å². The normalized spacial score (nSPS) is 9.82. The van der Waals surface area contributed by atoms with Gasteiger partial charge >= 0.3 is 0 Å². The third-order valence-corrected chi connectivity index (χ3v) is 3.10. The molecule has 2 rings (SSSR count). The van der Waals surface area contributed by atoms with Gasteiger partial charge in [0, 0.05) is 11.1 Å². The van der Waals surface area contributed by atoms with Crippen LogP contribution in [0.2, 0.25) is 0 Å². The van der Waals surface area contributed by atoms with Crippen LogP contribution in [0.1, 0.15) is 16.1 Å². The molecule has 0 atom stereocenters. The quantitative estimate of drug-likeness (QED) is 0.784. The molecule has 0 unspecified atom stereocenters. The molecule has 0 aliphatic rings. The molecule has 0 spiro atoms. The maximum Gasteiger partial charge on any atom is 0.270 e. The Morgan fingerprint density at radius 3 is 2.82 bits per heavy atom. The van der Waals surface area contributed by atoms with Crippen LogP contribution in [0.5, 0.6) is 0 Å². The fraction of sp³-hybridized carbons (Fsp3) is 0. The highest BCUT2D eigenvalue weighted by Crippen LogP contribution is 2.30. The number of nitrogen functional groups attached to an aromatic ring is 1. The highest BCUT2D eigenvalue weighted by atomic mass is 32.1. The van der Waals surface area contributed by atoms with Crippen molar-refractivity contribution in [2.75, 3.05) is 5.73 Å². The highest BCUT2D eigenvalue weighted by molar-refractivity contribution is 7.19. The zero-order valence-electron chi connectivity index (χ0n) is 8.81. The number of hydrogen-bond donors (Lipinski definition) is 2. The monoisotopic (exact) mass is 243 g/mol. The predicted octanol–water partition coefficient (Wildman–Crippen LogP) is 1.47. The number of nitrogens with two attached hydrogens (primary N) is 2. The van der Waals surface area contributed by atoms with Crippen molar-refractivity contribution >= 4 is 22.2 Å². The predicted molar refractivity (Wildman–Crippen MR) is 68.4 cm³/mol. The van der Waals surface area contributed by atoms with Crippen molar-refractivity contribution < 1.29 is 4.79 Å². The number of terminal acetylenes is 1. The lowest BCUT2D eigenvalue weighted by molar-refractivity contribution is 0.0997. The molecule has 4 nitrogen and oxygen atoms in total. The van der Waals surface area contributed by atoms with Crippen LogP contribution in [-0.4, -0.2) is 10.9 Å². The first-order chi connectivity index (χ1) is 8.11. The average molecular weight is 243 g/mol. The number of benzene rings is 1. The Labute approximate surface area is 102 Å². The fourth-order valence-corrected chi connectivity index (χ4v) is 2.21. The van der Waals surface area contributed by atoms with Gasteiger partial charge in [-0.2, -0.15) is 0 Å². The summed E-state index contributed by atoms with van der Waals surface area (Å²) >= 11 is 1.21. The van der Waals surface area contributed by atoms with Crippen LogP contribution in [0.15, 0.2) is 24.3 Å². The number of rotatable bonds is 2. The third kappa shape index (κ3) is 2.12. The summed E-state index contributed by atoms with van der Waals surface area (Å²) in [5.74, 6) is 1.91. The van der Waals surface area contributed by atoms with Crippen molar-refractivity contribution in [3.05, 3.63) is 35.5 Å². The zero-order valence-corrected chi connectivity index (χ0v) is 9.62. The first kappa shape index (κ1) is 11.2. The van der Waals surface area contributed by atoms with Gasteiger partial charge in [-0.25, -0.2) is 4.98 Å². The van der Waals surface area contributed by atoms with Crippen molar-refractivity contribution in [1.29, 1.82) is 0 Å². The maximum atomic E-state index is 11.0. The molecule has 84 valence electrons. The third-order valence-electron chi connectivity index (χ3n) is 2.16. The summed E-state index contributed by atoms with van der Waals surface area (Å²) in [7, 11) is 0. The summed E-state index contributed by atoms with van der Waals surface area (Å²) in [4.78, 5) is 15.1. The van der Waals surface area contributed by atoms with E-state index in [1.54, 1.807) is 0 Å². The second-order valence-electron chi connectivity index (χ2n) is 3.32. The molecule has 5 heteroatoms. The molecule has 1 amide bonds. The molecule has 0 saturated carbocycles. The first-order valence-corrected chi connectivity index (χ1v) is 5.56. The molecule has 0 bridgehead atoms. The summed E-state index contributed by atoms with van der Waals surface area (Å²) in [6.45, 7) is 0. The summed E-state index contributed by atoms with van der Waals surface area (Å²) in [5.41, 5.74) is 12.5. The summed E-state index contributed by atoms with van der Waals surface area (Å²) in [5, 5.41) is 0.951. The second-order valence-corrected chi connectivity index (χ2v) is 4.35. The topological polar surface area (TPSA) is 82.0 Å². The Morgan fingerprint density at radius 2 is 2.24 bits per heavy atom. The molecule has 4 N–H and O–H groups in total. The van der Waals surface area contributed by atoms with Gasteiger partial charge in [0.1, 0.15) is 10.0 Å². The average Bonchev–Trinajstić information content (AvgIpc) is 2.71. The summed E-state index contributed by atoms with van der Waals surface area (Å²) in [6, 6.07) is 7.30. The van der Waals surface area contributed by atoms with Gasteiger partial charge in [-0.15, -0.1) is 6.42 Å². The number of carbonyl (C=O) groups is 1. The van der Waals surface area contributed by atoms with Crippen LogP contribution in [-0.2, 0) is 0 Å². The molecule has 1 aromatic carbocycles. The molecule has 0 fully saturated rings. The van der Waals surface area contributed by atoms with Crippen molar-refractivity contribution in [3.63, 3.8) is 0 Å². The van der Waals surface area contributed by atoms with Crippen LogP contribution in [0, 0.1) is 12.3 Å². The molecular formula is C12H9N3OS. The van der Waals surface area contributed by atoms with E-state index in [2.05, 4.69) is 10.9 Å². The smallest absolute Gasteiger partial charge is 0.270 e. The van der Waals surface area contributed by atoms with Gasteiger partial charge < -0.3 is 11.5 Å². The van der Waals surface area contributed by atoms with Crippen LogP contribution in [0.4, 0.5) is 5.00 Å². The molecule has 0 aliphatic carbocycles. The Morgan fingerprint density at radius 1 is 1.47 bits per heavy atom. The van der Waals surface area contributed by atoms with E-state index in [0.29, 0.717) is 10.0 Å². The second kappa shape index (κ2) is 4.28. The lowest BCUT2D eigenvalue weighted by Crippen LogP contribution is -2.13. The van der Waals surface area contributed by atoms with Crippen molar-refractivity contribution in [2.45, 2.75) is 0 Å². The van der Waals surface area contributed by atoms with Crippen LogP contribution < -0.4 is 11.5 Å². The van der Waals surface area contributed by atoms with E-state index in [9.17, 15) is 4.79 Å². The van der Waals surface area contributed by atoms with Gasteiger partial charge in [0.15, 0.2) is 5.69 Å². The van der Waals surface area contributed by atoms with Gasteiger partial charge in [0.25, 0.3) is 5.91 Å². The van der Waals surface area contributed by atoms with Gasteiger partial charge in [-0.1, -0.05) is 29.4 Å². The molecule has 1 heterocycles. The number of thiazole rings is 1. The summed E-state index contributed by atoms with van der Waals surface area (Å²) in [6.07, 6.45) is 5.31. The molecule has 0 saturated heterocycles.